The molecule has 0 saturated heterocycles. The second kappa shape index (κ2) is 6.57. The van der Waals surface area contributed by atoms with E-state index in [1.807, 2.05) is 57.3 Å². The van der Waals surface area contributed by atoms with Crippen LogP contribution in [0.1, 0.15) is 35.6 Å². The first-order chi connectivity index (χ1) is 10.0. The van der Waals surface area contributed by atoms with E-state index in [0.29, 0.717) is 12.1 Å². The number of nitrogens with two attached hydrogens (primary N) is 1. The molecule has 0 bridgehead atoms. The third-order valence-electron chi connectivity index (χ3n) is 3.51. The van der Waals surface area contributed by atoms with Crippen molar-refractivity contribution in [1.82, 2.24) is 4.90 Å². The average molecular weight is 283 g/mol. The fourth-order valence-corrected chi connectivity index (χ4v) is 2.62. The summed E-state index contributed by atoms with van der Waals surface area (Å²) in [5.74, 6) is 1.76. The minimum Gasteiger partial charge on any atom is -0.465 e. The Morgan fingerprint density at radius 3 is 2.67 bits per heavy atom. The number of benzene rings is 1. The highest BCUT2D eigenvalue weighted by atomic mass is 16.3. The molecule has 0 aliphatic carbocycles. The third-order valence-corrected chi connectivity index (χ3v) is 3.51. The first kappa shape index (κ1) is 15.3. The lowest BCUT2D eigenvalue weighted by molar-refractivity contribution is 0.182. The van der Waals surface area contributed by atoms with Crippen LogP contribution in [0.4, 0.5) is 0 Å². The monoisotopic (exact) mass is 283 g/mol. The molecular formula is C17H21N3O. The van der Waals surface area contributed by atoms with Gasteiger partial charge in [-0.2, -0.15) is 5.26 Å². The second-order valence-corrected chi connectivity index (χ2v) is 5.48. The molecule has 0 aliphatic heterocycles. The van der Waals surface area contributed by atoms with E-state index in [2.05, 4.69) is 11.0 Å². The maximum absolute atomic E-state index is 8.98. The van der Waals surface area contributed by atoms with Crippen molar-refractivity contribution in [3.8, 4) is 6.07 Å². The summed E-state index contributed by atoms with van der Waals surface area (Å²) in [5, 5.41) is 8.98. The first-order valence-electron chi connectivity index (χ1n) is 7.02. The van der Waals surface area contributed by atoms with E-state index in [4.69, 9.17) is 15.4 Å². The summed E-state index contributed by atoms with van der Waals surface area (Å²) < 4.78 is 5.74. The molecule has 4 nitrogen and oxygen atoms in total. The van der Waals surface area contributed by atoms with Gasteiger partial charge in [-0.1, -0.05) is 12.1 Å². The van der Waals surface area contributed by atoms with Crippen molar-refractivity contribution in [3.63, 3.8) is 0 Å². The Labute approximate surface area is 125 Å². The number of hydrogen-bond donors (Lipinski definition) is 1. The molecule has 0 spiro atoms. The van der Waals surface area contributed by atoms with Crippen molar-refractivity contribution >= 4 is 0 Å². The van der Waals surface area contributed by atoms with Crippen LogP contribution in [0.2, 0.25) is 0 Å². The molecule has 0 amide bonds. The van der Waals surface area contributed by atoms with E-state index in [1.165, 1.54) is 0 Å². The van der Waals surface area contributed by atoms with Gasteiger partial charge in [-0.05, 0) is 50.7 Å². The predicted octanol–water partition coefficient (Wildman–Crippen LogP) is 2.98. The van der Waals surface area contributed by atoms with Gasteiger partial charge >= 0.3 is 0 Å². The van der Waals surface area contributed by atoms with Crippen molar-refractivity contribution < 1.29 is 4.42 Å². The largest absolute Gasteiger partial charge is 0.465 e. The van der Waals surface area contributed by atoms with Crippen LogP contribution in [0.5, 0.6) is 0 Å². The molecule has 1 heterocycles. The van der Waals surface area contributed by atoms with Crippen LogP contribution in [0.15, 0.2) is 40.8 Å². The summed E-state index contributed by atoms with van der Waals surface area (Å²) in [6, 6.07) is 13.7. The fraction of sp³-hybridized carbons (Fsp3) is 0.353. The van der Waals surface area contributed by atoms with Gasteiger partial charge in [0.05, 0.1) is 17.7 Å². The summed E-state index contributed by atoms with van der Waals surface area (Å²) >= 11 is 0. The lowest BCUT2D eigenvalue weighted by atomic mass is 10.0. The van der Waals surface area contributed by atoms with Gasteiger partial charge in [-0.15, -0.1) is 0 Å². The molecule has 2 atom stereocenters. The van der Waals surface area contributed by atoms with Crippen LogP contribution in [0.25, 0.3) is 0 Å². The number of likely N-dealkylation sites (N-methyl/N-ethyl adjacent to an activating group) is 1. The maximum Gasteiger partial charge on any atom is 0.122 e. The van der Waals surface area contributed by atoms with Crippen LogP contribution >= 0.6 is 0 Å². The maximum atomic E-state index is 8.98. The van der Waals surface area contributed by atoms with Gasteiger partial charge in [0.25, 0.3) is 0 Å². The van der Waals surface area contributed by atoms with Gasteiger partial charge in [0.1, 0.15) is 11.5 Å². The molecule has 2 N–H and O–H groups in total. The molecule has 1 aromatic heterocycles. The zero-order valence-corrected chi connectivity index (χ0v) is 12.7. The van der Waals surface area contributed by atoms with Crippen LogP contribution in [-0.4, -0.2) is 18.0 Å². The molecule has 110 valence electrons. The Balaban J connectivity index is 2.19. The molecule has 2 aromatic rings. The quantitative estimate of drug-likeness (QED) is 0.916. The number of hydrogen-bond acceptors (Lipinski definition) is 4. The minimum atomic E-state index is -0.0558. The van der Waals surface area contributed by atoms with Crippen molar-refractivity contribution in [1.29, 1.82) is 5.26 Å². The van der Waals surface area contributed by atoms with Crippen LogP contribution in [0, 0.1) is 18.3 Å². The van der Waals surface area contributed by atoms with Gasteiger partial charge in [-0.3, -0.25) is 4.90 Å². The predicted molar refractivity (Wildman–Crippen MR) is 82.5 cm³/mol. The highest BCUT2D eigenvalue weighted by Gasteiger charge is 2.24. The lowest BCUT2D eigenvalue weighted by Gasteiger charge is -2.29. The van der Waals surface area contributed by atoms with Crippen molar-refractivity contribution in [2.24, 2.45) is 5.73 Å². The molecule has 0 radical (unpaired) electrons. The highest BCUT2D eigenvalue weighted by molar-refractivity contribution is 5.32. The van der Waals surface area contributed by atoms with E-state index in [-0.39, 0.29) is 12.1 Å². The molecule has 0 saturated carbocycles. The van der Waals surface area contributed by atoms with Gasteiger partial charge in [0.15, 0.2) is 0 Å². The number of rotatable bonds is 5. The summed E-state index contributed by atoms with van der Waals surface area (Å²) in [5.41, 5.74) is 7.90. The van der Waals surface area contributed by atoms with Crippen LogP contribution < -0.4 is 5.73 Å². The Kier molecular flexibility index (Phi) is 4.79. The topological polar surface area (TPSA) is 66.2 Å². The molecule has 21 heavy (non-hydrogen) atoms. The first-order valence-corrected chi connectivity index (χ1v) is 7.02. The van der Waals surface area contributed by atoms with Gasteiger partial charge < -0.3 is 10.2 Å². The average Bonchev–Trinajstić information content (AvgIpc) is 2.84. The fourth-order valence-electron chi connectivity index (χ4n) is 2.62. The Morgan fingerprint density at radius 2 is 2.10 bits per heavy atom. The Morgan fingerprint density at radius 1 is 1.33 bits per heavy atom. The molecule has 2 rings (SSSR count). The zero-order valence-electron chi connectivity index (χ0n) is 12.7. The molecule has 4 heteroatoms. The summed E-state index contributed by atoms with van der Waals surface area (Å²) in [6.07, 6.45) is 0. The smallest absolute Gasteiger partial charge is 0.122 e. The molecule has 0 aliphatic rings. The number of nitrogens with zero attached hydrogens (tertiary/aromatic N) is 2. The van der Waals surface area contributed by atoms with Crippen LogP contribution in [0.3, 0.4) is 0 Å². The second-order valence-electron chi connectivity index (χ2n) is 5.48. The molecule has 1 aromatic carbocycles. The SMILES string of the molecule is Cc1ccc(C(C(C)N)N(C)Cc2cccc(C#N)c2)o1. The lowest BCUT2D eigenvalue weighted by Crippen LogP contribution is -2.36. The van der Waals surface area contributed by atoms with Gasteiger partial charge in [-0.25, -0.2) is 0 Å². The zero-order chi connectivity index (χ0) is 15.4. The van der Waals surface area contributed by atoms with Gasteiger partial charge in [0, 0.05) is 12.6 Å². The van der Waals surface area contributed by atoms with Crippen LogP contribution in [-0.2, 0) is 6.54 Å². The number of nitriles is 1. The molecular weight excluding hydrogens is 262 g/mol. The van der Waals surface area contributed by atoms with E-state index in [1.54, 1.807) is 0 Å². The minimum absolute atomic E-state index is 0.00411. The van der Waals surface area contributed by atoms with E-state index in [9.17, 15) is 0 Å². The van der Waals surface area contributed by atoms with Gasteiger partial charge in [0.2, 0.25) is 0 Å². The standard InChI is InChI=1S/C17H21N3O/c1-12-7-8-16(21-12)17(13(2)19)20(3)11-15-6-4-5-14(9-15)10-18/h4-9,13,17H,11,19H2,1-3H3. The molecule has 0 fully saturated rings. The Bertz CT molecular complexity index is 639. The van der Waals surface area contributed by atoms with E-state index in [0.717, 1.165) is 17.1 Å². The molecule has 2 unspecified atom stereocenters. The summed E-state index contributed by atoms with van der Waals surface area (Å²) in [4.78, 5) is 2.15. The van der Waals surface area contributed by atoms with E-state index < -0.39 is 0 Å². The van der Waals surface area contributed by atoms with Crippen molar-refractivity contribution in [3.05, 3.63) is 59.0 Å². The summed E-state index contributed by atoms with van der Waals surface area (Å²) in [7, 11) is 2.02. The highest BCUT2D eigenvalue weighted by Crippen LogP contribution is 2.25. The normalized spacial score (nSPS) is 13.9. The van der Waals surface area contributed by atoms with E-state index >= 15 is 0 Å². The Hall–Kier alpha value is -2.09. The number of furan rings is 1. The number of aryl methyl sites for hydroxylation is 1. The third kappa shape index (κ3) is 3.72. The summed E-state index contributed by atoms with van der Waals surface area (Å²) in [6.45, 7) is 4.62. The van der Waals surface area contributed by atoms with Crippen molar-refractivity contribution in [2.75, 3.05) is 7.05 Å². The van der Waals surface area contributed by atoms with Crippen molar-refractivity contribution in [2.45, 2.75) is 32.5 Å².